The quantitative estimate of drug-likeness (QED) is 0.421. The summed E-state index contributed by atoms with van der Waals surface area (Å²) in [5.74, 6) is -0.801. The Balaban J connectivity index is 1.93. The third kappa shape index (κ3) is 5.55. The number of aromatic hydroxyl groups is 1. The zero-order valence-electron chi connectivity index (χ0n) is 19.4. The Morgan fingerprint density at radius 3 is 2.50 bits per heavy atom. The molecule has 0 aliphatic heterocycles. The first-order valence-corrected chi connectivity index (χ1v) is 10.5. The van der Waals surface area contributed by atoms with Gasteiger partial charge in [0.05, 0.1) is 19.6 Å². The van der Waals surface area contributed by atoms with Crippen LogP contribution in [0.2, 0.25) is 0 Å². The molecule has 0 fully saturated rings. The number of hydrogen-bond acceptors (Lipinski definition) is 5. The smallest absolute Gasteiger partial charge is 0.319 e. The number of urea groups is 1. The summed E-state index contributed by atoms with van der Waals surface area (Å²) in [6, 6.07) is 12.6. The van der Waals surface area contributed by atoms with Crippen LogP contribution in [-0.2, 0) is 11.8 Å². The van der Waals surface area contributed by atoms with E-state index >= 15 is 0 Å². The molecule has 1 heterocycles. The zero-order chi connectivity index (χ0) is 25.0. The topological polar surface area (TPSA) is 130 Å². The van der Waals surface area contributed by atoms with Gasteiger partial charge in [0.2, 0.25) is 0 Å². The van der Waals surface area contributed by atoms with Crippen LogP contribution in [-0.4, -0.2) is 33.9 Å². The lowest BCUT2D eigenvalue weighted by Crippen LogP contribution is -2.36. The van der Waals surface area contributed by atoms with E-state index in [1.54, 1.807) is 26.2 Å². The molecular formula is C25H27N3O6. The number of ether oxygens (including phenoxy) is 1. The van der Waals surface area contributed by atoms with E-state index in [4.69, 9.17) is 4.74 Å². The predicted octanol–water partition coefficient (Wildman–Crippen LogP) is 3.72. The second-order valence-electron chi connectivity index (χ2n) is 8.02. The number of anilines is 1. The van der Waals surface area contributed by atoms with Crippen molar-refractivity contribution in [2.45, 2.75) is 26.3 Å². The Morgan fingerprint density at radius 2 is 1.82 bits per heavy atom. The van der Waals surface area contributed by atoms with Crippen LogP contribution < -0.4 is 20.9 Å². The summed E-state index contributed by atoms with van der Waals surface area (Å²) in [4.78, 5) is 36.7. The van der Waals surface area contributed by atoms with Crippen molar-refractivity contribution in [2.24, 2.45) is 7.05 Å². The summed E-state index contributed by atoms with van der Waals surface area (Å²) in [7, 11) is 3.09. The molecule has 3 aromatic rings. The molecule has 1 aromatic heterocycles. The van der Waals surface area contributed by atoms with E-state index in [9.17, 15) is 24.6 Å². The maximum atomic E-state index is 12.7. The maximum absolute atomic E-state index is 12.7. The van der Waals surface area contributed by atoms with E-state index in [0.29, 0.717) is 17.0 Å². The van der Waals surface area contributed by atoms with Crippen molar-refractivity contribution in [1.82, 2.24) is 9.88 Å². The van der Waals surface area contributed by atoms with Gasteiger partial charge in [-0.25, -0.2) is 4.79 Å². The fourth-order valence-corrected chi connectivity index (χ4v) is 3.64. The van der Waals surface area contributed by atoms with Gasteiger partial charge in [-0.15, -0.1) is 0 Å². The summed E-state index contributed by atoms with van der Waals surface area (Å²) in [6.07, 6.45) is -0.383. The summed E-state index contributed by atoms with van der Waals surface area (Å²) in [5, 5.41) is 24.5. The number of carboxylic acid groups (broad SMARTS) is 1. The molecule has 1 unspecified atom stereocenters. The van der Waals surface area contributed by atoms with E-state index in [-0.39, 0.29) is 17.9 Å². The van der Waals surface area contributed by atoms with Crippen molar-refractivity contribution in [2.75, 3.05) is 12.4 Å². The highest BCUT2D eigenvalue weighted by Gasteiger charge is 2.21. The molecule has 0 spiro atoms. The number of carboxylic acids is 1. The highest BCUT2D eigenvalue weighted by molar-refractivity contribution is 5.91. The summed E-state index contributed by atoms with van der Waals surface area (Å²) in [5.41, 5.74) is 2.79. The number of aromatic nitrogens is 1. The molecule has 0 saturated heterocycles. The van der Waals surface area contributed by atoms with Gasteiger partial charge in [-0.2, -0.15) is 0 Å². The molecule has 2 aromatic carbocycles. The molecule has 9 heteroatoms. The highest BCUT2D eigenvalue weighted by atomic mass is 16.5. The fraction of sp³-hybridized carbons (Fsp3) is 0.240. The second kappa shape index (κ2) is 10.1. The van der Waals surface area contributed by atoms with E-state index in [2.05, 4.69) is 10.6 Å². The van der Waals surface area contributed by atoms with Gasteiger partial charge in [0.1, 0.15) is 11.5 Å². The first kappa shape index (κ1) is 24.4. The molecule has 34 heavy (non-hydrogen) atoms. The monoisotopic (exact) mass is 465 g/mol. The molecule has 0 bridgehead atoms. The molecule has 0 aliphatic rings. The Kier molecular flexibility index (Phi) is 7.25. The number of amides is 2. The SMILES string of the molecule is COc1cccc(-c2cc(C)cc(C(CC(=O)O)NC(=O)Nc3c(O)cc(C)n(C)c3=O)c2)c1. The van der Waals surface area contributed by atoms with Crippen LogP contribution in [0.3, 0.4) is 0 Å². The number of carbonyl (C=O) groups excluding carboxylic acids is 1. The predicted molar refractivity (Wildman–Crippen MR) is 128 cm³/mol. The van der Waals surface area contributed by atoms with Crippen LogP contribution in [0.5, 0.6) is 11.5 Å². The minimum absolute atomic E-state index is 0.291. The Hall–Kier alpha value is -4.27. The molecule has 9 nitrogen and oxygen atoms in total. The molecule has 0 radical (unpaired) electrons. The number of pyridine rings is 1. The molecule has 1 atom stereocenters. The van der Waals surface area contributed by atoms with Gasteiger partial charge in [-0.3, -0.25) is 9.59 Å². The largest absolute Gasteiger partial charge is 0.505 e. The molecule has 0 saturated carbocycles. The summed E-state index contributed by atoms with van der Waals surface area (Å²) in [6.45, 7) is 3.52. The Morgan fingerprint density at radius 1 is 1.09 bits per heavy atom. The number of rotatable bonds is 7. The van der Waals surface area contributed by atoms with E-state index in [1.165, 1.54) is 17.7 Å². The number of aryl methyl sites for hydroxylation is 2. The molecular weight excluding hydrogens is 438 g/mol. The number of nitrogens with one attached hydrogen (secondary N) is 2. The Bertz CT molecular complexity index is 1300. The average Bonchev–Trinajstić information content (AvgIpc) is 2.79. The number of hydrogen-bond donors (Lipinski definition) is 4. The van der Waals surface area contributed by atoms with Gasteiger partial charge in [0.15, 0.2) is 5.69 Å². The summed E-state index contributed by atoms with van der Waals surface area (Å²) < 4.78 is 6.57. The minimum Gasteiger partial charge on any atom is -0.505 e. The standard InChI is InChI=1S/C25H27N3O6/c1-14-8-17(16-6-5-7-19(12-16)34-4)11-18(9-14)20(13-22(30)31)26-25(33)27-23-21(29)10-15(2)28(3)24(23)32/h5-12,20,29H,13H2,1-4H3,(H,30,31)(H2,26,27,33). The average molecular weight is 466 g/mol. The Labute approximate surface area is 196 Å². The molecule has 4 N–H and O–H groups in total. The number of carbonyl (C=O) groups is 2. The van der Waals surface area contributed by atoms with Crippen LogP contribution in [0, 0.1) is 13.8 Å². The van der Waals surface area contributed by atoms with Crippen molar-refractivity contribution in [3.63, 3.8) is 0 Å². The number of aliphatic carboxylic acids is 1. The summed E-state index contributed by atoms with van der Waals surface area (Å²) >= 11 is 0. The molecule has 3 rings (SSSR count). The van der Waals surface area contributed by atoms with Gasteiger partial charge in [0, 0.05) is 18.8 Å². The van der Waals surface area contributed by atoms with Crippen molar-refractivity contribution < 1.29 is 24.5 Å². The van der Waals surface area contributed by atoms with Gasteiger partial charge in [0.25, 0.3) is 5.56 Å². The number of nitrogens with zero attached hydrogens (tertiary/aromatic N) is 1. The van der Waals surface area contributed by atoms with Crippen molar-refractivity contribution in [1.29, 1.82) is 0 Å². The minimum atomic E-state index is -1.11. The zero-order valence-corrected chi connectivity index (χ0v) is 19.4. The number of methoxy groups -OCH3 is 1. The van der Waals surface area contributed by atoms with Crippen LogP contribution in [0.25, 0.3) is 11.1 Å². The lowest BCUT2D eigenvalue weighted by atomic mass is 9.95. The van der Waals surface area contributed by atoms with Crippen molar-refractivity contribution >= 4 is 17.7 Å². The fourth-order valence-electron chi connectivity index (χ4n) is 3.64. The van der Waals surface area contributed by atoms with Gasteiger partial charge >= 0.3 is 12.0 Å². The van der Waals surface area contributed by atoms with E-state index in [0.717, 1.165) is 16.7 Å². The third-order valence-electron chi connectivity index (χ3n) is 5.48. The second-order valence-corrected chi connectivity index (χ2v) is 8.02. The van der Waals surface area contributed by atoms with Gasteiger partial charge < -0.3 is 30.2 Å². The first-order valence-electron chi connectivity index (χ1n) is 10.5. The molecule has 0 aliphatic carbocycles. The molecule has 2 amide bonds. The highest BCUT2D eigenvalue weighted by Crippen LogP contribution is 2.29. The van der Waals surface area contributed by atoms with Crippen LogP contribution in [0.1, 0.15) is 29.3 Å². The number of benzene rings is 2. The van der Waals surface area contributed by atoms with Crippen LogP contribution in [0.4, 0.5) is 10.5 Å². The van der Waals surface area contributed by atoms with Crippen LogP contribution in [0.15, 0.2) is 53.3 Å². The van der Waals surface area contributed by atoms with Crippen molar-refractivity contribution in [3.8, 4) is 22.6 Å². The van der Waals surface area contributed by atoms with Crippen molar-refractivity contribution in [3.05, 3.63) is 75.7 Å². The third-order valence-corrected chi connectivity index (χ3v) is 5.48. The van der Waals surface area contributed by atoms with Gasteiger partial charge in [-0.05, 0) is 48.7 Å². The van der Waals surface area contributed by atoms with E-state index in [1.807, 2.05) is 37.3 Å². The first-order chi connectivity index (χ1) is 16.1. The normalized spacial score (nSPS) is 11.5. The van der Waals surface area contributed by atoms with Crippen LogP contribution >= 0.6 is 0 Å². The molecule has 178 valence electrons. The maximum Gasteiger partial charge on any atom is 0.319 e. The van der Waals surface area contributed by atoms with Gasteiger partial charge in [-0.1, -0.05) is 29.8 Å². The lowest BCUT2D eigenvalue weighted by Gasteiger charge is -2.20. The van der Waals surface area contributed by atoms with E-state index < -0.39 is 23.6 Å². The lowest BCUT2D eigenvalue weighted by molar-refractivity contribution is -0.137.